The quantitative estimate of drug-likeness (QED) is 0.816. The first-order chi connectivity index (χ1) is 10.1. The maximum atomic E-state index is 12.6. The molecular formula is C12H17N5O3S. The molecule has 0 saturated carbocycles. The van der Waals surface area contributed by atoms with Crippen molar-refractivity contribution in [3.8, 4) is 0 Å². The fraction of sp³-hybridized carbons (Fsp3) is 0.500. The van der Waals surface area contributed by atoms with Gasteiger partial charge in [0.15, 0.2) is 0 Å². The van der Waals surface area contributed by atoms with Gasteiger partial charge in [-0.05, 0) is 6.42 Å². The number of aryl methyl sites for hydroxylation is 1. The van der Waals surface area contributed by atoms with Crippen molar-refractivity contribution in [1.29, 1.82) is 0 Å². The van der Waals surface area contributed by atoms with Crippen LogP contribution in [0.15, 0.2) is 29.7 Å². The lowest BCUT2D eigenvalue weighted by atomic mass is 10.4. The highest BCUT2D eigenvalue weighted by Gasteiger charge is 2.29. The molecule has 3 heterocycles. The number of aliphatic hydroxyl groups excluding tert-OH is 1. The second-order valence-corrected chi connectivity index (χ2v) is 6.83. The number of hydrogen-bond acceptors (Lipinski definition) is 5. The van der Waals surface area contributed by atoms with Crippen molar-refractivity contribution in [2.75, 3.05) is 13.2 Å². The smallest absolute Gasteiger partial charge is 0.246 e. The molecule has 9 heteroatoms. The number of imidazole rings is 1. The Morgan fingerprint density at radius 2 is 2.19 bits per heavy atom. The third-order valence-electron chi connectivity index (χ3n) is 3.50. The molecule has 0 amide bonds. The Kier molecular flexibility index (Phi) is 3.79. The van der Waals surface area contributed by atoms with Gasteiger partial charge in [0.2, 0.25) is 10.0 Å². The van der Waals surface area contributed by atoms with E-state index >= 15 is 0 Å². The highest BCUT2D eigenvalue weighted by Crippen LogP contribution is 2.20. The molecule has 0 radical (unpaired) electrons. The maximum Gasteiger partial charge on any atom is 0.246 e. The van der Waals surface area contributed by atoms with Crippen LogP contribution < -0.4 is 0 Å². The van der Waals surface area contributed by atoms with Crippen molar-refractivity contribution >= 4 is 10.0 Å². The molecule has 0 aliphatic carbocycles. The molecule has 0 saturated heterocycles. The SMILES string of the molecule is O=S(=O)(c1cnn(CCCO)c1)N1CCn2ccnc2C1. The van der Waals surface area contributed by atoms with Gasteiger partial charge < -0.3 is 9.67 Å². The van der Waals surface area contributed by atoms with E-state index in [4.69, 9.17) is 5.11 Å². The van der Waals surface area contributed by atoms with E-state index in [-0.39, 0.29) is 18.0 Å². The lowest BCUT2D eigenvalue weighted by molar-refractivity contribution is 0.277. The molecule has 2 aromatic heterocycles. The molecule has 3 rings (SSSR count). The van der Waals surface area contributed by atoms with E-state index in [9.17, 15) is 8.42 Å². The summed E-state index contributed by atoms with van der Waals surface area (Å²) in [6.07, 6.45) is 6.94. The van der Waals surface area contributed by atoms with Gasteiger partial charge in [0.05, 0.1) is 12.7 Å². The molecule has 0 unspecified atom stereocenters. The van der Waals surface area contributed by atoms with Crippen LogP contribution in [0.3, 0.4) is 0 Å². The minimum absolute atomic E-state index is 0.0523. The molecule has 0 atom stereocenters. The van der Waals surface area contributed by atoms with Crippen molar-refractivity contribution in [3.63, 3.8) is 0 Å². The molecule has 0 fully saturated rings. The van der Waals surface area contributed by atoms with Gasteiger partial charge in [0.1, 0.15) is 10.7 Å². The summed E-state index contributed by atoms with van der Waals surface area (Å²) in [5.74, 6) is 0.748. The molecule has 2 aromatic rings. The first kappa shape index (κ1) is 14.2. The zero-order chi connectivity index (χ0) is 14.9. The predicted molar refractivity (Wildman–Crippen MR) is 73.8 cm³/mol. The number of aliphatic hydroxyl groups is 1. The largest absolute Gasteiger partial charge is 0.396 e. The first-order valence-corrected chi connectivity index (χ1v) is 8.19. The second-order valence-electron chi connectivity index (χ2n) is 4.89. The van der Waals surface area contributed by atoms with Crippen molar-refractivity contribution in [1.82, 2.24) is 23.6 Å². The fourth-order valence-electron chi connectivity index (χ4n) is 2.34. The number of fused-ring (bicyclic) bond motifs is 1. The first-order valence-electron chi connectivity index (χ1n) is 6.75. The van der Waals surface area contributed by atoms with Gasteiger partial charge in [-0.15, -0.1) is 0 Å². The van der Waals surface area contributed by atoms with E-state index < -0.39 is 10.0 Å². The summed E-state index contributed by atoms with van der Waals surface area (Å²) in [4.78, 5) is 4.35. The minimum Gasteiger partial charge on any atom is -0.396 e. The van der Waals surface area contributed by atoms with E-state index in [1.54, 1.807) is 6.20 Å². The Morgan fingerprint density at radius 1 is 1.33 bits per heavy atom. The fourth-order valence-corrected chi connectivity index (χ4v) is 3.68. The average Bonchev–Trinajstić information content (AvgIpc) is 3.13. The molecule has 1 aliphatic rings. The third kappa shape index (κ3) is 2.71. The van der Waals surface area contributed by atoms with Crippen molar-refractivity contribution in [2.45, 2.75) is 31.0 Å². The van der Waals surface area contributed by atoms with Gasteiger partial charge in [-0.25, -0.2) is 13.4 Å². The van der Waals surface area contributed by atoms with Crippen LogP contribution in [0.4, 0.5) is 0 Å². The zero-order valence-electron chi connectivity index (χ0n) is 11.5. The predicted octanol–water partition coefficient (Wildman–Crippen LogP) is -0.334. The summed E-state index contributed by atoms with van der Waals surface area (Å²) in [6.45, 7) is 1.85. The normalized spacial score (nSPS) is 16.0. The van der Waals surface area contributed by atoms with E-state index in [0.29, 0.717) is 26.1 Å². The van der Waals surface area contributed by atoms with Crippen molar-refractivity contribution < 1.29 is 13.5 Å². The summed E-state index contributed by atoms with van der Waals surface area (Å²) in [5, 5.41) is 12.8. The molecule has 0 bridgehead atoms. The van der Waals surface area contributed by atoms with Crippen LogP contribution in [0.5, 0.6) is 0 Å². The summed E-state index contributed by atoms with van der Waals surface area (Å²) < 4.78 is 30.1. The Morgan fingerprint density at radius 3 is 3.00 bits per heavy atom. The van der Waals surface area contributed by atoms with Crippen LogP contribution in [-0.4, -0.2) is 50.3 Å². The summed E-state index contributed by atoms with van der Waals surface area (Å²) in [7, 11) is -3.55. The standard InChI is InChI=1S/C12H17N5O3S/c18-7-1-3-16-9-11(8-14-16)21(19,20)17-6-5-15-4-2-13-12(15)10-17/h2,4,8-9,18H,1,3,5-7,10H2. The van der Waals surface area contributed by atoms with E-state index in [2.05, 4.69) is 10.1 Å². The Labute approximate surface area is 122 Å². The topological polar surface area (TPSA) is 93.2 Å². The Bertz CT molecular complexity index is 721. The van der Waals surface area contributed by atoms with Crippen LogP contribution in [0.2, 0.25) is 0 Å². The number of nitrogens with zero attached hydrogens (tertiary/aromatic N) is 5. The number of rotatable bonds is 5. The van der Waals surface area contributed by atoms with Crippen molar-refractivity contribution in [2.24, 2.45) is 0 Å². The summed E-state index contributed by atoms with van der Waals surface area (Å²) in [6, 6.07) is 0. The minimum atomic E-state index is -3.55. The second kappa shape index (κ2) is 5.58. The van der Waals surface area contributed by atoms with Gasteiger partial charge >= 0.3 is 0 Å². The van der Waals surface area contributed by atoms with Crippen LogP contribution in [0, 0.1) is 0 Å². The molecule has 8 nitrogen and oxygen atoms in total. The van der Waals surface area contributed by atoms with Crippen molar-refractivity contribution in [3.05, 3.63) is 30.6 Å². The van der Waals surface area contributed by atoms with Gasteiger partial charge in [-0.3, -0.25) is 4.68 Å². The van der Waals surface area contributed by atoms with E-state index in [0.717, 1.165) is 5.82 Å². The van der Waals surface area contributed by atoms with Gasteiger partial charge in [-0.1, -0.05) is 0 Å². The zero-order valence-corrected chi connectivity index (χ0v) is 12.3. The number of hydrogen-bond donors (Lipinski definition) is 1. The molecule has 114 valence electrons. The van der Waals surface area contributed by atoms with E-state index in [1.807, 2.05) is 10.8 Å². The van der Waals surface area contributed by atoms with Crippen LogP contribution in [0.25, 0.3) is 0 Å². The molecule has 1 N–H and O–H groups in total. The van der Waals surface area contributed by atoms with Crippen LogP contribution in [-0.2, 0) is 29.7 Å². The third-order valence-corrected chi connectivity index (χ3v) is 5.30. The Hall–Kier alpha value is -1.71. The van der Waals surface area contributed by atoms with Crippen LogP contribution in [0.1, 0.15) is 12.2 Å². The molecule has 0 aromatic carbocycles. The summed E-state index contributed by atoms with van der Waals surface area (Å²) >= 11 is 0. The average molecular weight is 311 g/mol. The number of aromatic nitrogens is 4. The molecule has 0 spiro atoms. The Balaban J connectivity index is 1.79. The monoisotopic (exact) mass is 311 g/mol. The maximum absolute atomic E-state index is 12.6. The van der Waals surface area contributed by atoms with Gasteiger partial charge in [0, 0.05) is 44.8 Å². The number of sulfonamides is 1. The highest BCUT2D eigenvalue weighted by atomic mass is 32.2. The van der Waals surface area contributed by atoms with E-state index in [1.165, 1.54) is 21.4 Å². The van der Waals surface area contributed by atoms with Gasteiger partial charge in [-0.2, -0.15) is 9.40 Å². The lowest BCUT2D eigenvalue weighted by Gasteiger charge is -2.26. The molecule has 21 heavy (non-hydrogen) atoms. The highest BCUT2D eigenvalue weighted by molar-refractivity contribution is 7.89. The molecular weight excluding hydrogens is 294 g/mol. The van der Waals surface area contributed by atoms with Gasteiger partial charge in [0.25, 0.3) is 0 Å². The lowest BCUT2D eigenvalue weighted by Crippen LogP contribution is -2.38. The van der Waals surface area contributed by atoms with Crippen LogP contribution >= 0.6 is 0 Å². The molecule has 1 aliphatic heterocycles. The summed E-state index contributed by atoms with van der Waals surface area (Å²) in [5.41, 5.74) is 0.